The monoisotopic (exact) mass is 411 g/mol. The van der Waals surface area contributed by atoms with Gasteiger partial charge in [-0.1, -0.05) is 31.0 Å². The lowest BCUT2D eigenvalue weighted by Crippen LogP contribution is -2.41. The first-order valence-corrected chi connectivity index (χ1v) is 10.0. The van der Waals surface area contributed by atoms with Crippen LogP contribution in [0.3, 0.4) is 0 Å². The molecule has 0 bridgehead atoms. The van der Waals surface area contributed by atoms with E-state index in [1.807, 2.05) is 19.1 Å². The minimum atomic E-state index is -0.360. The van der Waals surface area contributed by atoms with Crippen LogP contribution in [-0.2, 0) is 9.59 Å². The summed E-state index contributed by atoms with van der Waals surface area (Å²) < 4.78 is 5.57. The zero-order valence-electron chi connectivity index (χ0n) is 17.7. The summed E-state index contributed by atoms with van der Waals surface area (Å²) in [4.78, 5) is 37.8. The molecule has 30 heavy (non-hydrogen) atoms. The lowest BCUT2D eigenvalue weighted by Gasteiger charge is -2.17. The topological polar surface area (TPSA) is 87.7 Å². The van der Waals surface area contributed by atoms with Gasteiger partial charge < -0.3 is 20.3 Å². The van der Waals surface area contributed by atoms with E-state index in [9.17, 15) is 14.4 Å². The summed E-state index contributed by atoms with van der Waals surface area (Å²) in [5.41, 5.74) is 2.20. The van der Waals surface area contributed by atoms with Gasteiger partial charge in [-0.05, 0) is 49.7 Å². The summed E-state index contributed by atoms with van der Waals surface area (Å²) in [5.74, 6) is -0.321. The second-order valence-electron chi connectivity index (χ2n) is 7.07. The number of nitrogens with one attached hydrogen (secondary N) is 2. The fourth-order valence-electron chi connectivity index (χ4n) is 2.57. The fraction of sp³-hybridized carbons (Fsp3) is 0.348. The number of ether oxygens (including phenoxy) is 1. The van der Waals surface area contributed by atoms with Crippen molar-refractivity contribution in [3.05, 3.63) is 59.7 Å². The summed E-state index contributed by atoms with van der Waals surface area (Å²) in [6, 6.07) is 14.2. The van der Waals surface area contributed by atoms with Crippen molar-refractivity contribution in [1.82, 2.24) is 10.2 Å². The second-order valence-corrected chi connectivity index (χ2v) is 7.07. The van der Waals surface area contributed by atoms with Crippen molar-refractivity contribution in [3.8, 4) is 5.75 Å². The Morgan fingerprint density at radius 1 is 1.00 bits per heavy atom. The van der Waals surface area contributed by atoms with Gasteiger partial charge in [0, 0.05) is 18.3 Å². The summed E-state index contributed by atoms with van der Waals surface area (Å²) >= 11 is 0. The number of unbranched alkanes of at least 4 members (excludes halogenated alkanes) is 1. The Hall–Kier alpha value is -3.35. The van der Waals surface area contributed by atoms with Crippen LogP contribution in [0.25, 0.3) is 0 Å². The third-order valence-electron chi connectivity index (χ3n) is 4.43. The molecule has 0 heterocycles. The maximum atomic E-state index is 12.2. The molecule has 0 saturated carbocycles. The number of benzene rings is 2. The van der Waals surface area contributed by atoms with Gasteiger partial charge >= 0.3 is 0 Å². The molecular weight excluding hydrogens is 382 g/mol. The molecule has 0 spiro atoms. The SMILES string of the molecule is CCCCOc1ccc(C(=O)NCC(=O)N(C)CC(=O)Nc2ccc(C)cc2)cc1. The number of likely N-dealkylation sites (N-methyl/N-ethyl adjacent to an activating group) is 1. The Balaban J connectivity index is 1.76. The molecule has 0 aliphatic heterocycles. The Labute approximate surface area is 177 Å². The van der Waals surface area contributed by atoms with Crippen molar-refractivity contribution in [2.24, 2.45) is 0 Å². The molecule has 7 heteroatoms. The van der Waals surface area contributed by atoms with Gasteiger partial charge in [-0.2, -0.15) is 0 Å². The summed E-state index contributed by atoms with van der Waals surface area (Å²) in [7, 11) is 1.52. The number of anilines is 1. The normalized spacial score (nSPS) is 10.2. The van der Waals surface area contributed by atoms with E-state index in [0.29, 0.717) is 23.6 Å². The minimum Gasteiger partial charge on any atom is -0.494 e. The van der Waals surface area contributed by atoms with Crippen LogP contribution in [0.5, 0.6) is 5.75 Å². The molecule has 0 fully saturated rings. The first-order valence-electron chi connectivity index (χ1n) is 10.0. The van der Waals surface area contributed by atoms with Crippen molar-refractivity contribution >= 4 is 23.4 Å². The molecule has 7 nitrogen and oxygen atoms in total. The predicted molar refractivity (Wildman–Crippen MR) is 117 cm³/mol. The van der Waals surface area contributed by atoms with E-state index in [-0.39, 0.29) is 30.8 Å². The summed E-state index contributed by atoms with van der Waals surface area (Å²) in [5, 5.41) is 5.31. The number of carbonyl (C=O) groups excluding carboxylic acids is 3. The molecular formula is C23H29N3O4. The number of aryl methyl sites for hydroxylation is 1. The van der Waals surface area contributed by atoms with Crippen molar-refractivity contribution in [1.29, 1.82) is 0 Å². The van der Waals surface area contributed by atoms with E-state index in [1.165, 1.54) is 11.9 Å². The average Bonchev–Trinajstić information content (AvgIpc) is 2.74. The molecule has 3 amide bonds. The van der Waals surface area contributed by atoms with Crippen LogP contribution in [0.2, 0.25) is 0 Å². The van der Waals surface area contributed by atoms with E-state index in [0.717, 1.165) is 18.4 Å². The molecule has 2 N–H and O–H groups in total. The maximum Gasteiger partial charge on any atom is 0.251 e. The van der Waals surface area contributed by atoms with E-state index in [2.05, 4.69) is 17.6 Å². The largest absolute Gasteiger partial charge is 0.494 e. The third kappa shape index (κ3) is 7.58. The van der Waals surface area contributed by atoms with E-state index in [1.54, 1.807) is 36.4 Å². The second kappa shape index (κ2) is 11.6. The standard InChI is InChI=1S/C23H29N3O4/c1-4-5-14-30-20-12-8-18(9-13-20)23(29)24-15-22(28)26(3)16-21(27)25-19-10-6-17(2)7-11-19/h6-13H,4-5,14-16H2,1-3H3,(H,24,29)(H,25,27). The molecule has 160 valence electrons. The smallest absolute Gasteiger partial charge is 0.251 e. The Morgan fingerprint density at radius 2 is 1.67 bits per heavy atom. The molecule has 0 atom stereocenters. The molecule has 0 aromatic heterocycles. The van der Waals surface area contributed by atoms with Crippen LogP contribution in [0.4, 0.5) is 5.69 Å². The van der Waals surface area contributed by atoms with Crippen LogP contribution in [0.15, 0.2) is 48.5 Å². The lowest BCUT2D eigenvalue weighted by molar-refractivity contribution is -0.132. The molecule has 0 saturated heterocycles. The highest BCUT2D eigenvalue weighted by atomic mass is 16.5. The van der Waals surface area contributed by atoms with Gasteiger partial charge in [-0.25, -0.2) is 0 Å². The van der Waals surface area contributed by atoms with Crippen LogP contribution in [0, 0.1) is 6.92 Å². The van der Waals surface area contributed by atoms with Gasteiger partial charge in [-0.3, -0.25) is 14.4 Å². The number of carbonyl (C=O) groups is 3. The number of hydrogen-bond acceptors (Lipinski definition) is 4. The van der Waals surface area contributed by atoms with Gasteiger partial charge in [0.05, 0.1) is 19.7 Å². The third-order valence-corrected chi connectivity index (χ3v) is 4.43. The first-order chi connectivity index (χ1) is 14.4. The molecule has 0 unspecified atom stereocenters. The van der Waals surface area contributed by atoms with Gasteiger partial charge in [-0.15, -0.1) is 0 Å². The van der Waals surface area contributed by atoms with Crippen molar-refractivity contribution in [3.63, 3.8) is 0 Å². The fourth-order valence-corrected chi connectivity index (χ4v) is 2.57. The van der Waals surface area contributed by atoms with Crippen LogP contribution < -0.4 is 15.4 Å². The quantitative estimate of drug-likeness (QED) is 0.589. The molecule has 2 rings (SSSR count). The van der Waals surface area contributed by atoms with Crippen molar-refractivity contribution < 1.29 is 19.1 Å². The average molecular weight is 412 g/mol. The summed E-state index contributed by atoms with van der Waals surface area (Å²) in [6.07, 6.45) is 2.03. The first kappa shape index (κ1) is 22.9. The number of rotatable bonds is 10. The zero-order valence-corrected chi connectivity index (χ0v) is 17.7. The zero-order chi connectivity index (χ0) is 21.9. The van der Waals surface area contributed by atoms with E-state index in [4.69, 9.17) is 4.74 Å². The predicted octanol–water partition coefficient (Wildman–Crippen LogP) is 3.00. The van der Waals surface area contributed by atoms with Crippen molar-refractivity contribution in [2.45, 2.75) is 26.7 Å². The number of nitrogens with zero attached hydrogens (tertiary/aromatic N) is 1. The summed E-state index contributed by atoms with van der Waals surface area (Å²) in [6.45, 7) is 4.39. The van der Waals surface area contributed by atoms with Crippen LogP contribution in [-0.4, -0.2) is 49.4 Å². The minimum absolute atomic E-state index is 0.105. The van der Waals surface area contributed by atoms with Crippen LogP contribution >= 0.6 is 0 Å². The molecule has 0 radical (unpaired) electrons. The highest BCUT2D eigenvalue weighted by Gasteiger charge is 2.15. The Bertz CT molecular complexity index is 848. The van der Waals surface area contributed by atoms with Gasteiger partial charge in [0.2, 0.25) is 11.8 Å². The molecule has 0 aliphatic rings. The van der Waals surface area contributed by atoms with Gasteiger partial charge in [0.25, 0.3) is 5.91 Å². The molecule has 2 aromatic rings. The number of hydrogen-bond donors (Lipinski definition) is 2. The van der Waals surface area contributed by atoms with E-state index < -0.39 is 0 Å². The maximum absolute atomic E-state index is 12.2. The highest BCUT2D eigenvalue weighted by Crippen LogP contribution is 2.13. The number of amides is 3. The molecule has 0 aliphatic carbocycles. The van der Waals surface area contributed by atoms with E-state index >= 15 is 0 Å². The van der Waals surface area contributed by atoms with Crippen molar-refractivity contribution in [2.75, 3.05) is 32.1 Å². The molecule has 2 aromatic carbocycles. The van der Waals surface area contributed by atoms with Gasteiger partial charge in [0.15, 0.2) is 0 Å². The lowest BCUT2D eigenvalue weighted by atomic mass is 10.2. The van der Waals surface area contributed by atoms with Gasteiger partial charge in [0.1, 0.15) is 5.75 Å². The Morgan fingerprint density at radius 3 is 2.30 bits per heavy atom. The highest BCUT2D eigenvalue weighted by molar-refractivity contribution is 5.98. The van der Waals surface area contributed by atoms with Crippen LogP contribution in [0.1, 0.15) is 35.7 Å². The Kier molecular flexibility index (Phi) is 8.87.